The Balaban J connectivity index is 0.000000233. The quantitative estimate of drug-likeness (QED) is 0.131. The summed E-state index contributed by atoms with van der Waals surface area (Å²) in [6.45, 7) is 13.7. The van der Waals surface area contributed by atoms with E-state index in [1.165, 1.54) is 27.1 Å². The van der Waals surface area contributed by atoms with Gasteiger partial charge in [0, 0.05) is 46.0 Å². The number of para-hydroxylation sites is 1. The molecule has 6 aromatic rings. The number of aryl methyl sites for hydroxylation is 1. The number of aromatic nitrogens is 2. The van der Waals surface area contributed by atoms with Gasteiger partial charge in [0.05, 0.1) is 5.58 Å². The average Bonchev–Trinajstić information content (AvgIpc) is 3.32. The van der Waals surface area contributed by atoms with E-state index in [2.05, 4.69) is 105 Å². The van der Waals surface area contributed by atoms with Crippen molar-refractivity contribution in [1.82, 2.24) is 9.97 Å². The van der Waals surface area contributed by atoms with Crippen LogP contribution < -0.4 is 5.19 Å². The zero-order valence-corrected chi connectivity index (χ0v) is 28.0. The molecule has 3 nitrogen and oxygen atoms in total. The molecule has 0 N–H and O–H groups in total. The maximum atomic E-state index is 6.35. The van der Waals surface area contributed by atoms with E-state index in [9.17, 15) is 0 Å². The summed E-state index contributed by atoms with van der Waals surface area (Å²) in [7, 11) is -1.55. The van der Waals surface area contributed by atoms with Crippen molar-refractivity contribution in [3.63, 3.8) is 0 Å². The van der Waals surface area contributed by atoms with Crippen LogP contribution in [0, 0.1) is 25.0 Å². The number of rotatable bonds is 5. The molecule has 41 heavy (non-hydrogen) atoms. The molecule has 6 rings (SSSR count). The van der Waals surface area contributed by atoms with Crippen molar-refractivity contribution < 1.29 is 24.5 Å². The summed E-state index contributed by atoms with van der Waals surface area (Å²) in [6, 6.07) is 33.4. The molecule has 0 atom stereocenters. The molecule has 0 unspecified atom stereocenters. The van der Waals surface area contributed by atoms with Gasteiger partial charge >= 0.3 is 0 Å². The first kappa shape index (κ1) is 30.6. The molecule has 1 radical (unpaired) electrons. The first-order valence-corrected chi connectivity index (χ1v) is 17.4. The molecule has 3 aromatic carbocycles. The number of fused-ring (bicyclic) bond motifs is 3. The fourth-order valence-electron chi connectivity index (χ4n) is 5.00. The van der Waals surface area contributed by atoms with E-state index in [0.29, 0.717) is 5.92 Å². The first-order valence-electron chi connectivity index (χ1n) is 13.9. The van der Waals surface area contributed by atoms with Crippen LogP contribution in [0.1, 0.15) is 25.0 Å². The summed E-state index contributed by atoms with van der Waals surface area (Å²) in [5, 5.41) is 3.83. The largest absolute Gasteiger partial charge is 0.501 e. The van der Waals surface area contributed by atoms with Gasteiger partial charge in [-0.15, -0.1) is 53.2 Å². The molecule has 5 heteroatoms. The summed E-state index contributed by atoms with van der Waals surface area (Å²) in [5.74, 6) is 0.615. The molecule has 3 heterocycles. The Morgan fingerprint density at radius 2 is 1.59 bits per heavy atom. The van der Waals surface area contributed by atoms with Gasteiger partial charge in [0.1, 0.15) is 5.58 Å². The standard InChI is InChI=1S/C24H26NOSi.C12H10N.Ir/c1-16(2)14-17-12-13-25-20(15-17)18-10-11-22(27(3,4)5)23-19-8-6-7-9-21(19)26-24(18)23;1-10-7-8-13-12(9-10)11-5-3-2-4-6-11;/h6-9,11-13,15-16H,14H2,1-5H3;2-5,7-9H,1H3;/q2*-1;. The molecule has 0 amide bonds. The van der Waals surface area contributed by atoms with Crippen molar-refractivity contribution in [2.75, 3.05) is 0 Å². The summed E-state index contributed by atoms with van der Waals surface area (Å²) in [4.78, 5) is 8.93. The molecule has 0 fully saturated rings. The molecular formula is C36H36IrN2OSi-2. The minimum absolute atomic E-state index is 0. The predicted octanol–water partition coefficient (Wildman–Crippen LogP) is 9.05. The van der Waals surface area contributed by atoms with Gasteiger partial charge in [-0.25, -0.2) is 0 Å². The molecule has 0 aliphatic carbocycles. The third kappa shape index (κ3) is 7.10. The third-order valence-electron chi connectivity index (χ3n) is 6.89. The minimum Gasteiger partial charge on any atom is -0.501 e. The van der Waals surface area contributed by atoms with Gasteiger partial charge in [-0.3, -0.25) is 0 Å². The molecule has 0 spiro atoms. The minimum atomic E-state index is -1.55. The van der Waals surface area contributed by atoms with Crippen LogP contribution in [0.25, 0.3) is 44.5 Å². The topological polar surface area (TPSA) is 38.9 Å². The second kappa shape index (κ2) is 13.1. The van der Waals surface area contributed by atoms with E-state index in [-0.39, 0.29) is 20.1 Å². The molecule has 0 saturated heterocycles. The summed E-state index contributed by atoms with van der Waals surface area (Å²) < 4.78 is 6.35. The van der Waals surface area contributed by atoms with E-state index < -0.39 is 8.07 Å². The number of furan rings is 1. The third-order valence-corrected chi connectivity index (χ3v) is 8.90. The monoisotopic (exact) mass is 733 g/mol. The molecule has 0 aliphatic heterocycles. The van der Waals surface area contributed by atoms with Crippen molar-refractivity contribution in [2.45, 2.75) is 46.8 Å². The van der Waals surface area contributed by atoms with Crippen LogP contribution in [-0.4, -0.2) is 18.0 Å². The zero-order valence-electron chi connectivity index (χ0n) is 24.6. The van der Waals surface area contributed by atoms with Crippen LogP contribution in [0.2, 0.25) is 19.6 Å². The van der Waals surface area contributed by atoms with Crippen LogP contribution in [0.3, 0.4) is 0 Å². The van der Waals surface area contributed by atoms with Gasteiger partial charge in [0.2, 0.25) is 0 Å². The van der Waals surface area contributed by atoms with Gasteiger partial charge in [0.25, 0.3) is 0 Å². The Kier molecular flexibility index (Phi) is 9.75. The second-order valence-corrected chi connectivity index (χ2v) is 16.8. The number of hydrogen-bond donors (Lipinski definition) is 0. The van der Waals surface area contributed by atoms with E-state index in [1.807, 2.05) is 48.8 Å². The molecule has 211 valence electrons. The smallest absolute Gasteiger partial charge is 0.120 e. The van der Waals surface area contributed by atoms with Crippen LogP contribution in [0.4, 0.5) is 0 Å². The second-order valence-electron chi connectivity index (χ2n) is 11.8. The summed E-state index contributed by atoms with van der Waals surface area (Å²) in [6.07, 6.45) is 4.78. The van der Waals surface area contributed by atoms with Crippen LogP contribution in [-0.2, 0) is 26.5 Å². The summed E-state index contributed by atoms with van der Waals surface area (Å²) in [5.41, 5.74) is 8.33. The van der Waals surface area contributed by atoms with Gasteiger partial charge in [-0.05, 0) is 48.8 Å². The first-order chi connectivity index (χ1) is 19.2. The maximum absolute atomic E-state index is 6.35. The molecular weight excluding hydrogens is 697 g/mol. The molecule has 0 saturated carbocycles. The van der Waals surface area contributed by atoms with Gasteiger partial charge < -0.3 is 14.4 Å². The normalized spacial score (nSPS) is 11.3. The maximum Gasteiger partial charge on any atom is 0.120 e. The van der Waals surface area contributed by atoms with E-state index in [4.69, 9.17) is 4.42 Å². The van der Waals surface area contributed by atoms with Crippen LogP contribution in [0.15, 0.2) is 95.7 Å². The number of hydrogen-bond acceptors (Lipinski definition) is 3. The average molecular weight is 733 g/mol. The molecule has 3 aromatic heterocycles. The predicted molar refractivity (Wildman–Crippen MR) is 171 cm³/mol. The number of benzene rings is 3. The Bertz CT molecular complexity index is 1750. The Hall–Kier alpha value is -3.37. The van der Waals surface area contributed by atoms with Crippen molar-refractivity contribution in [3.8, 4) is 22.5 Å². The van der Waals surface area contributed by atoms with E-state index in [1.54, 1.807) is 0 Å². The van der Waals surface area contributed by atoms with E-state index >= 15 is 0 Å². The van der Waals surface area contributed by atoms with Crippen molar-refractivity contribution in [1.29, 1.82) is 0 Å². The Morgan fingerprint density at radius 3 is 2.29 bits per heavy atom. The molecule has 0 bridgehead atoms. The van der Waals surface area contributed by atoms with E-state index in [0.717, 1.165) is 40.1 Å². The van der Waals surface area contributed by atoms with Crippen LogP contribution in [0.5, 0.6) is 0 Å². The van der Waals surface area contributed by atoms with Crippen molar-refractivity contribution in [3.05, 3.63) is 115 Å². The summed E-state index contributed by atoms with van der Waals surface area (Å²) >= 11 is 0. The number of pyridine rings is 2. The SMILES string of the molecule is CC(C)Cc1ccnc(-c2[c-]cc([Si](C)(C)C)c3c2oc2ccccc23)c1.Cc1ccnc(-c2[c-]cccc2)c1.[Ir]. The number of nitrogens with zero attached hydrogens (tertiary/aromatic N) is 2. The fourth-order valence-corrected chi connectivity index (χ4v) is 6.50. The molecule has 0 aliphatic rings. The Morgan fingerprint density at radius 1 is 0.854 bits per heavy atom. The van der Waals surface area contributed by atoms with Gasteiger partial charge in [0.15, 0.2) is 0 Å². The zero-order chi connectivity index (χ0) is 28.3. The van der Waals surface area contributed by atoms with Crippen molar-refractivity contribution in [2.24, 2.45) is 5.92 Å². The van der Waals surface area contributed by atoms with Crippen LogP contribution >= 0.6 is 0 Å². The van der Waals surface area contributed by atoms with Crippen molar-refractivity contribution >= 4 is 35.2 Å². The Labute approximate surface area is 258 Å². The fraction of sp³-hybridized carbons (Fsp3) is 0.222. The van der Waals surface area contributed by atoms with Gasteiger partial charge in [-0.2, -0.15) is 0 Å². The van der Waals surface area contributed by atoms with Gasteiger partial charge in [-0.1, -0.05) is 85.9 Å².